The molecule has 3 N–H and O–H groups in total. The van der Waals surface area contributed by atoms with Gasteiger partial charge in [-0.15, -0.1) is 0 Å². The number of carbonyl (C=O) groups excluding carboxylic acids is 2. The molecular formula is C12H16N2O3. The van der Waals surface area contributed by atoms with Crippen LogP contribution < -0.4 is 15.8 Å². The van der Waals surface area contributed by atoms with Crippen LogP contribution in [-0.2, 0) is 4.79 Å². The molecule has 0 fully saturated rings. The number of nitrogens with one attached hydrogen (secondary N) is 1. The van der Waals surface area contributed by atoms with Crippen LogP contribution >= 0.6 is 0 Å². The SMILES string of the molecule is COc1ccc(NC(=O)CCCN)c(C=O)c1. The van der Waals surface area contributed by atoms with Crippen LogP contribution in [0.1, 0.15) is 23.2 Å². The van der Waals surface area contributed by atoms with Gasteiger partial charge in [-0.1, -0.05) is 0 Å². The van der Waals surface area contributed by atoms with Crippen molar-refractivity contribution in [3.63, 3.8) is 0 Å². The molecule has 0 saturated carbocycles. The molecule has 0 radical (unpaired) electrons. The summed E-state index contributed by atoms with van der Waals surface area (Å²) in [6.07, 6.45) is 1.65. The maximum absolute atomic E-state index is 11.5. The average Bonchev–Trinajstić information content (AvgIpc) is 2.36. The fraction of sp³-hybridized carbons (Fsp3) is 0.333. The summed E-state index contributed by atoms with van der Waals surface area (Å²) in [6, 6.07) is 4.90. The molecule has 0 spiro atoms. The normalized spacial score (nSPS) is 9.76. The summed E-state index contributed by atoms with van der Waals surface area (Å²) in [7, 11) is 1.52. The largest absolute Gasteiger partial charge is 0.497 e. The number of anilines is 1. The Morgan fingerprint density at radius 2 is 2.29 bits per heavy atom. The van der Waals surface area contributed by atoms with E-state index in [1.54, 1.807) is 18.2 Å². The van der Waals surface area contributed by atoms with Gasteiger partial charge in [-0.3, -0.25) is 9.59 Å². The monoisotopic (exact) mass is 236 g/mol. The van der Waals surface area contributed by atoms with Gasteiger partial charge in [0.25, 0.3) is 0 Å². The molecule has 1 aromatic carbocycles. The molecule has 0 saturated heterocycles. The standard InChI is InChI=1S/C12H16N2O3/c1-17-10-4-5-11(9(7-10)8-15)14-12(16)3-2-6-13/h4-5,7-8H,2-3,6,13H2,1H3,(H,14,16). The lowest BCUT2D eigenvalue weighted by Crippen LogP contribution is -2.14. The van der Waals surface area contributed by atoms with Crippen LogP contribution in [0.4, 0.5) is 5.69 Å². The number of methoxy groups -OCH3 is 1. The highest BCUT2D eigenvalue weighted by Crippen LogP contribution is 2.20. The molecule has 1 aromatic rings. The van der Waals surface area contributed by atoms with Crippen molar-refractivity contribution in [2.75, 3.05) is 19.0 Å². The second kappa shape index (κ2) is 6.65. The number of carbonyl (C=O) groups is 2. The van der Waals surface area contributed by atoms with E-state index in [0.717, 1.165) is 0 Å². The van der Waals surface area contributed by atoms with E-state index in [9.17, 15) is 9.59 Å². The Morgan fingerprint density at radius 1 is 1.53 bits per heavy atom. The van der Waals surface area contributed by atoms with E-state index in [4.69, 9.17) is 10.5 Å². The van der Waals surface area contributed by atoms with Gasteiger partial charge in [0.2, 0.25) is 5.91 Å². The van der Waals surface area contributed by atoms with Crippen molar-refractivity contribution >= 4 is 17.9 Å². The molecule has 0 heterocycles. The van der Waals surface area contributed by atoms with Crippen LogP contribution in [0.2, 0.25) is 0 Å². The van der Waals surface area contributed by atoms with Gasteiger partial charge < -0.3 is 15.8 Å². The maximum Gasteiger partial charge on any atom is 0.224 e. The van der Waals surface area contributed by atoms with E-state index in [0.29, 0.717) is 42.7 Å². The Labute approximate surface area is 99.9 Å². The zero-order valence-electron chi connectivity index (χ0n) is 9.73. The number of aldehydes is 1. The molecule has 0 aromatic heterocycles. The number of hydrogen-bond donors (Lipinski definition) is 2. The fourth-order valence-electron chi connectivity index (χ4n) is 1.35. The molecule has 0 aliphatic carbocycles. The minimum Gasteiger partial charge on any atom is -0.497 e. The minimum atomic E-state index is -0.149. The molecule has 5 nitrogen and oxygen atoms in total. The predicted molar refractivity (Wildman–Crippen MR) is 65.3 cm³/mol. The van der Waals surface area contributed by atoms with E-state index < -0.39 is 0 Å². The van der Waals surface area contributed by atoms with Gasteiger partial charge in [0.1, 0.15) is 5.75 Å². The third-order valence-corrected chi connectivity index (χ3v) is 2.27. The van der Waals surface area contributed by atoms with Crippen molar-refractivity contribution in [3.05, 3.63) is 23.8 Å². The molecule has 1 rings (SSSR count). The van der Waals surface area contributed by atoms with E-state index >= 15 is 0 Å². The lowest BCUT2D eigenvalue weighted by Gasteiger charge is -2.08. The van der Waals surface area contributed by atoms with Gasteiger partial charge >= 0.3 is 0 Å². The summed E-state index contributed by atoms with van der Waals surface area (Å²) in [4.78, 5) is 22.3. The smallest absolute Gasteiger partial charge is 0.224 e. The molecule has 0 bridgehead atoms. The highest BCUT2D eigenvalue weighted by atomic mass is 16.5. The Kier molecular flexibility index (Phi) is 5.16. The fourth-order valence-corrected chi connectivity index (χ4v) is 1.35. The van der Waals surface area contributed by atoms with Crippen molar-refractivity contribution in [1.82, 2.24) is 0 Å². The summed E-state index contributed by atoms with van der Waals surface area (Å²) in [5.41, 5.74) is 6.19. The highest BCUT2D eigenvalue weighted by Gasteiger charge is 2.07. The number of benzene rings is 1. The van der Waals surface area contributed by atoms with Crippen LogP contribution in [0.5, 0.6) is 5.75 Å². The number of amides is 1. The lowest BCUT2D eigenvalue weighted by atomic mass is 10.1. The van der Waals surface area contributed by atoms with Gasteiger partial charge in [-0.05, 0) is 31.2 Å². The third kappa shape index (κ3) is 3.88. The molecular weight excluding hydrogens is 220 g/mol. The first-order chi connectivity index (χ1) is 8.21. The Bertz CT molecular complexity index is 405. The predicted octanol–water partition coefficient (Wildman–Crippen LogP) is 1.19. The Balaban J connectivity index is 2.76. The number of ether oxygens (including phenoxy) is 1. The van der Waals surface area contributed by atoms with Gasteiger partial charge in [-0.2, -0.15) is 0 Å². The molecule has 92 valence electrons. The van der Waals surface area contributed by atoms with Crippen molar-refractivity contribution in [1.29, 1.82) is 0 Å². The molecule has 17 heavy (non-hydrogen) atoms. The molecule has 0 atom stereocenters. The van der Waals surface area contributed by atoms with Crippen LogP contribution in [0.25, 0.3) is 0 Å². The number of rotatable bonds is 6. The summed E-state index contributed by atoms with van der Waals surface area (Å²) >= 11 is 0. The second-order valence-corrected chi connectivity index (χ2v) is 3.51. The van der Waals surface area contributed by atoms with Crippen molar-refractivity contribution in [2.24, 2.45) is 5.73 Å². The van der Waals surface area contributed by atoms with Crippen LogP contribution in [0, 0.1) is 0 Å². The molecule has 0 aliphatic heterocycles. The van der Waals surface area contributed by atoms with Gasteiger partial charge in [0, 0.05) is 12.0 Å². The van der Waals surface area contributed by atoms with Crippen molar-refractivity contribution in [3.8, 4) is 5.75 Å². The lowest BCUT2D eigenvalue weighted by molar-refractivity contribution is -0.116. The Morgan fingerprint density at radius 3 is 2.88 bits per heavy atom. The van der Waals surface area contributed by atoms with Gasteiger partial charge in [-0.25, -0.2) is 0 Å². The van der Waals surface area contributed by atoms with Gasteiger partial charge in [0.15, 0.2) is 6.29 Å². The first kappa shape index (κ1) is 13.2. The first-order valence-electron chi connectivity index (χ1n) is 5.34. The zero-order chi connectivity index (χ0) is 12.7. The summed E-state index contributed by atoms with van der Waals surface area (Å²) < 4.78 is 4.99. The number of hydrogen-bond acceptors (Lipinski definition) is 4. The van der Waals surface area contributed by atoms with Crippen LogP contribution in [0.3, 0.4) is 0 Å². The quantitative estimate of drug-likeness (QED) is 0.727. The highest BCUT2D eigenvalue weighted by molar-refractivity contribution is 5.96. The summed E-state index contributed by atoms with van der Waals surface area (Å²) in [6.45, 7) is 0.469. The zero-order valence-corrected chi connectivity index (χ0v) is 9.73. The van der Waals surface area contributed by atoms with Crippen LogP contribution in [0.15, 0.2) is 18.2 Å². The molecule has 1 amide bonds. The van der Waals surface area contributed by atoms with E-state index in [-0.39, 0.29) is 5.91 Å². The van der Waals surface area contributed by atoms with Crippen LogP contribution in [-0.4, -0.2) is 25.8 Å². The molecule has 0 unspecified atom stereocenters. The average molecular weight is 236 g/mol. The van der Waals surface area contributed by atoms with Crippen molar-refractivity contribution in [2.45, 2.75) is 12.8 Å². The topological polar surface area (TPSA) is 81.4 Å². The summed E-state index contributed by atoms with van der Waals surface area (Å²) in [5.74, 6) is 0.427. The second-order valence-electron chi connectivity index (χ2n) is 3.51. The summed E-state index contributed by atoms with van der Waals surface area (Å²) in [5, 5.41) is 2.67. The van der Waals surface area contributed by atoms with E-state index in [1.807, 2.05) is 0 Å². The van der Waals surface area contributed by atoms with E-state index in [2.05, 4.69) is 5.32 Å². The third-order valence-electron chi connectivity index (χ3n) is 2.27. The number of nitrogens with two attached hydrogens (primary N) is 1. The molecule has 0 aliphatic rings. The van der Waals surface area contributed by atoms with Gasteiger partial charge in [0.05, 0.1) is 12.8 Å². The maximum atomic E-state index is 11.5. The first-order valence-corrected chi connectivity index (χ1v) is 5.34. The van der Waals surface area contributed by atoms with E-state index in [1.165, 1.54) is 7.11 Å². The minimum absolute atomic E-state index is 0.149. The molecule has 5 heteroatoms. The van der Waals surface area contributed by atoms with Crippen molar-refractivity contribution < 1.29 is 14.3 Å². The Hall–Kier alpha value is -1.88.